The minimum absolute atomic E-state index is 0.0261. The van der Waals surface area contributed by atoms with E-state index in [0.717, 1.165) is 12.8 Å². The first-order valence-electron chi connectivity index (χ1n) is 5.06. The lowest BCUT2D eigenvalue weighted by molar-refractivity contribution is -0.156. The Morgan fingerprint density at radius 2 is 1.83 bits per heavy atom. The Bertz CT molecular complexity index is 171. The monoisotopic (exact) mass is 168 g/mol. The average Bonchev–Trinajstić information content (AvgIpc) is 2.56. The van der Waals surface area contributed by atoms with Gasteiger partial charge in [0.1, 0.15) is 6.10 Å². The van der Waals surface area contributed by atoms with Crippen LogP contribution in [0.2, 0.25) is 0 Å². The number of cyclic esters (lactones) is 1. The van der Waals surface area contributed by atoms with Crippen molar-refractivity contribution in [2.24, 2.45) is 5.92 Å². The molecule has 0 unspecified atom stereocenters. The van der Waals surface area contributed by atoms with Crippen LogP contribution in [0.4, 0.5) is 0 Å². The van der Waals surface area contributed by atoms with Gasteiger partial charge in [0.2, 0.25) is 0 Å². The van der Waals surface area contributed by atoms with E-state index in [9.17, 15) is 4.79 Å². The van der Waals surface area contributed by atoms with E-state index in [1.165, 1.54) is 25.7 Å². The fourth-order valence-corrected chi connectivity index (χ4v) is 2.40. The highest BCUT2D eigenvalue weighted by Crippen LogP contribution is 2.33. The molecule has 1 aliphatic carbocycles. The summed E-state index contributed by atoms with van der Waals surface area (Å²) in [4.78, 5) is 11.0. The Morgan fingerprint density at radius 3 is 2.50 bits per heavy atom. The molecule has 0 bridgehead atoms. The van der Waals surface area contributed by atoms with Gasteiger partial charge in [0, 0.05) is 6.42 Å². The van der Waals surface area contributed by atoms with E-state index in [2.05, 4.69) is 0 Å². The number of carbonyl (C=O) groups excluding carboxylic acids is 1. The molecule has 1 atom stereocenters. The molecule has 68 valence electrons. The summed E-state index contributed by atoms with van der Waals surface area (Å²) < 4.78 is 5.33. The second-order valence-corrected chi connectivity index (χ2v) is 3.97. The first-order chi connectivity index (χ1) is 5.86. The van der Waals surface area contributed by atoms with Crippen LogP contribution in [0, 0.1) is 5.92 Å². The highest BCUT2D eigenvalue weighted by Gasteiger charge is 2.30. The highest BCUT2D eigenvalue weighted by molar-refractivity contribution is 5.70. The van der Waals surface area contributed by atoms with Gasteiger partial charge < -0.3 is 4.74 Å². The van der Waals surface area contributed by atoms with Gasteiger partial charge in [-0.05, 0) is 31.6 Å². The van der Waals surface area contributed by atoms with E-state index in [4.69, 9.17) is 4.74 Å². The summed E-state index contributed by atoms with van der Waals surface area (Å²) in [7, 11) is 0. The highest BCUT2D eigenvalue weighted by atomic mass is 16.5. The Morgan fingerprint density at radius 1 is 1.08 bits per heavy atom. The molecule has 2 aliphatic rings. The van der Waals surface area contributed by atoms with Crippen molar-refractivity contribution in [1.82, 2.24) is 0 Å². The lowest BCUT2D eigenvalue weighted by Crippen LogP contribution is -2.29. The molecule has 1 saturated carbocycles. The zero-order valence-electron chi connectivity index (χ0n) is 7.42. The third kappa shape index (κ3) is 1.62. The van der Waals surface area contributed by atoms with Crippen molar-refractivity contribution in [2.45, 2.75) is 51.0 Å². The lowest BCUT2D eigenvalue weighted by atomic mass is 9.94. The van der Waals surface area contributed by atoms with Crippen molar-refractivity contribution in [3.05, 3.63) is 0 Å². The Hall–Kier alpha value is -0.530. The van der Waals surface area contributed by atoms with Gasteiger partial charge in [-0.25, -0.2) is 0 Å². The molecule has 0 aromatic rings. The van der Waals surface area contributed by atoms with Crippen molar-refractivity contribution in [3.8, 4) is 0 Å². The molecule has 2 rings (SSSR count). The molecule has 0 aromatic heterocycles. The summed E-state index contributed by atoms with van der Waals surface area (Å²) in [6, 6.07) is 0. The molecule has 12 heavy (non-hydrogen) atoms. The summed E-state index contributed by atoms with van der Waals surface area (Å²) in [6.07, 6.45) is 8.28. The minimum Gasteiger partial charge on any atom is -0.462 e. The van der Waals surface area contributed by atoms with Gasteiger partial charge in [-0.15, -0.1) is 0 Å². The topological polar surface area (TPSA) is 26.3 Å². The van der Waals surface area contributed by atoms with Gasteiger partial charge in [0.15, 0.2) is 0 Å². The van der Waals surface area contributed by atoms with E-state index in [-0.39, 0.29) is 12.1 Å². The molecule has 0 N–H and O–H groups in total. The molecule has 0 radical (unpaired) electrons. The average molecular weight is 168 g/mol. The van der Waals surface area contributed by atoms with Gasteiger partial charge in [0.05, 0.1) is 0 Å². The van der Waals surface area contributed by atoms with Gasteiger partial charge in [-0.3, -0.25) is 4.79 Å². The molecule has 1 heterocycles. The predicted molar refractivity (Wildman–Crippen MR) is 45.7 cm³/mol. The van der Waals surface area contributed by atoms with Gasteiger partial charge in [0.25, 0.3) is 0 Å². The molecular formula is C10H16O2. The second kappa shape index (κ2) is 3.46. The molecule has 2 heteroatoms. The Labute approximate surface area is 73.3 Å². The van der Waals surface area contributed by atoms with Crippen molar-refractivity contribution >= 4 is 5.97 Å². The van der Waals surface area contributed by atoms with Crippen LogP contribution in [0.15, 0.2) is 0 Å². The molecule has 1 aliphatic heterocycles. The number of ether oxygens (including phenoxy) is 1. The zero-order valence-corrected chi connectivity index (χ0v) is 7.42. The van der Waals surface area contributed by atoms with Crippen molar-refractivity contribution in [3.63, 3.8) is 0 Å². The number of carbonyl (C=O) groups is 1. The quantitative estimate of drug-likeness (QED) is 0.561. The summed E-state index contributed by atoms with van der Waals surface area (Å²) >= 11 is 0. The smallest absolute Gasteiger partial charge is 0.306 e. The van der Waals surface area contributed by atoms with E-state index in [0.29, 0.717) is 12.3 Å². The van der Waals surface area contributed by atoms with E-state index in [1.807, 2.05) is 0 Å². The largest absolute Gasteiger partial charge is 0.462 e. The Balaban J connectivity index is 1.89. The van der Waals surface area contributed by atoms with Crippen LogP contribution in [0.5, 0.6) is 0 Å². The van der Waals surface area contributed by atoms with Crippen LogP contribution < -0.4 is 0 Å². The molecule has 0 aromatic carbocycles. The van der Waals surface area contributed by atoms with E-state index >= 15 is 0 Å². The SMILES string of the molecule is O=C1CCC[C@H](C2CCCC2)O1. The van der Waals surface area contributed by atoms with Crippen LogP contribution >= 0.6 is 0 Å². The first-order valence-corrected chi connectivity index (χ1v) is 5.06. The van der Waals surface area contributed by atoms with E-state index in [1.54, 1.807) is 0 Å². The standard InChI is InChI=1S/C10H16O2/c11-10-7-3-6-9(12-10)8-4-1-2-5-8/h8-9H,1-7H2/t9-/m1/s1. The van der Waals surface area contributed by atoms with Crippen molar-refractivity contribution < 1.29 is 9.53 Å². The predicted octanol–water partition coefficient (Wildman–Crippen LogP) is 2.27. The van der Waals surface area contributed by atoms with Gasteiger partial charge in [-0.1, -0.05) is 12.8 Å². The molecule has 2 fully saturated rings. The van der Waals surface area contributed by atoms with Crippen LogP contribution in [0.3, 0.4) is 0 Å². The zero-order chi connectivity index (χ0) is 8.39. The van der Waals surface area contributed by atoms with Crippen LogP contribution in [-0.2, 0) is 9.53 Å². The lowest BCUT2D eigenvalue weighted by Gasteiger charge is -2.27. The number of hydrogen-bond donors (Lipinski definition) is 0. The fourth-order valence-electron chi connectivity index (χ4n) is 2.40. The van der Waals surface area contributed by atoms with Crippen molar-refractivity contribution in [2.75, 3.05) is 0 Å². The van der Waals surface area contributed by atoms with E-state index < -0.39 is 0 Å². The third-order valence-corrected chi connectivity index (χ3v) is 3.08. The second-order valence-electron chi connectivity index (χ2n) is 3.97. The molecular weight excluding hydrogens is 152 g/mol. The summed E-state index contributed by atoms with van der Waals surface area (Å²) in [6.45, 7) is 0. The molecule has 1 saturated heterocycles. The van der Waals surface area contributed by atoms with Crippen molar-refractivity contribution in [1.29, 1.82) is 0 Å². The number of esters is 1. The first kappa shape index (κ1) is 8.09. The maximum absolute atomic E-state index is 11.0. The fraction of sp³-hybridized carbons (Fsp3) is 0.900. The maximum atomic E-state index is 11.0. The minimum atomic E-state index is 0.0261. The summed E-state index contributed by atoms with van der Waals surface area (Å²) in [5.74, 6) is 0.715. The maximum Gasteiger partial charge on any atom is 0.306 e. The normalized spacial score (nSPS) is 32.0. The molecule has 0 spiro atoms. The number of rotatable bonds is 1. The van der Waals surface area contributed by atoms with Crippen LogP contribution in [-0.4, -0.2) is 12.1 Å². The van der Waals surface area contributed by atoms with Crippen LogP contribution in [0.25, 0.3) is 0 Å². The number of hydrogen-bond acceptors (Lipinski definition) is 2. The summed E-state index contributed by atoms with van der Waals surface area (Å²) in [5, 5.41) is 0. The van der Waals surface area contributed by atoms with Gasteiger partial charge in [-0.2, -0.15) is 0 Å². The molecule has 0 amide bonds. The molecule has 2 nitrogen and oxygen atoms in total. The third-order valence-electron chi connectivity index (χ3n) is 3.08. The van der Waals surface area contributed by atoms with Crippen LogP contribution in [0.1, 0.15) is 44.9 Å². The summed E-state index contributed by atoms with van der Waals surface area (Å²) in [5.41, 5.74) is 0. The van der Waals surface area contributed by atoms with Gasteiger partial charge >= 0.3 is 5.97 Å². The Kier molecular flexibility index (Phi) is 2.33.